The number of hydrogen-bond donors (Lipinski definition) is 0. The van der Waals surface area contributed by atoms with Crippen LogP contribution >= 0.6 is 11.8 Å². The van der Waals surface area contributed by atoms with E-state index in [0.29, 0.717) is 23.0 Å². The van der Waals surface area contributed by atoms with E-state index in [9.17, 15) is 4.79 Å². The Morgan fingerprint density at radius 3 is 2.48 bits per heavy atom. The zero-order chi connectivity index (χ0) is 15.6. The maximum absolute atomic E-state index is 12.5. The van der Waals surface area contributed by atoms with Gasteiger partial charge in [0.1, 0.15) is 0 Å². The molecule has 21 heavy (non-hydrogen) atoms. The highest BCUT2D eigenvalue weighted by Crippen LogP contribution is 2.26. The number of likely N-dealkylation sites (tertiary alicyclic amines) is 1. The molecule has 1 fully saturated rings. The average Bonchev–Trinajstić information content (AvgIpc) is 2.84. The Balaban J connectivity index is 2.00. The van der Waals surface area contributed by atoms with Crippen molar-refractivity contribution >= 4 is 17.7 Å². The molecule has 0 spiro atoms. The third-order valence-corrected chi connectivity index (χ3v) is 4.79. The molecule has 2 rings (SSSR count). The first-order valence-electron chi connectivity index (χ1n) is 7.53. The van der Waals surface area contributed by atoms with Crippen molar-refractivity contribution in [1.82, 2.24) is 25.1 Å². The second-order valence-electron chi connectivity index (χ2n) is 6.76. The van der Waals surface area contributed by atoms with E-state index in [-0.39, 0.29) is 11.4 Å². The molecule has 0 radical (unpaired) electrons. The lowest BCUT2D eigenvalue weighted by molar-refractivity contribution is -0.134. The van der Waals surface area contributed by atoms with Crippen molar-refractivity contribution in [3.8, 4) is 0 Å². The van der Waals surface area contributed by atoms with Crippen molar-refractivity contribution in [1.29, 1.82) is 0 Å². The average molecular weight is 311 g/mol. The Morgan fingerprint density at radius 2 is 1.90 bits per heavy atom. The first-order chi connectivity index (χ1) is 9.80. The molecule has 2 unspecified atom stereocenters. The number of hydrogen-bond acceptors (Lipinski definition) is 5. The second-order valence-corrected chi connectivity index (χ2v) is 7.71. The van der Waals surface area contributed by atoms with E-state index < -0.39 is 0 Å². The van der Waals surface area contributed by atoms with Gasteiger partial charge in [0.15, 0.2) is 0 Å². The highest BCUT2D eigenvalue weighted by atomic mass is 32.2. The SMILES string of the molecule is CC1CCCC(C)N1C(=O)CSc1nnnn1C(C)(C)C. The van der Waals surface area contributed by atoms with Crippen LogP contribution in [0.3, 0.4) is 0 Å². The van der Waals surface area contributed by atoms with Gasteiger partial charge in [-0.05, 0) is 64.3 Å². The van der Waals surface area contributed by atoms with Gasteiger partial charge < -0.3 is 4.90 Å². The van der Waals surface area contributed by atoms with Crippen LogP contribution in [0.25, 0.3) is 0 Å². The Bertz CT molecular complexity index is 486. The number of thioether (sulfide) groups is 1. The lowest BCUT2D eigenvalue weighted by Gasteiger charge is -2.39. The number of carbonyl (C=O) groups excluding carboxylic acids is 1. The van der Waals surface area contributed by atoms with Gasteiger partial charge in [-0.3, -0.25) is 4.79 Å². The van der Waals surface area contributed by atoms with Gasteiger partial charge in [0, 0.05) is 12.1 Å². The lowest BCUT2D eigenvalue weighted by Crippen LogP contribution is -2.48. The van der Waals surface area contributed by atoms with Crippen molar-refractivity contribution in [2.24, 2.45) is 0 Å². The first-order valence-corrected chi connectivity index (χ1v) is 8.52. The summed E-state index contributed by atoms with van der Waals surface area (Å²) in [5, 5.41) is 12.5. The van der Waals surface area contributed by atoms with Crippen molar-refractivity contribution in [3.05, 3.63) is 0 Å². The molecule has 1 aromatic rings. The van der Waals surface area contributed by atoms with E-state index in [1.54, 1.807) is 4.68 Å². The minimum Gasteiger partial charge on any atom is -0.337 e. The summed E-state index contributed by atoms with van der Waals surface area (Å²) in [7, 11) is 0. The van der Waals surface area contributed by atoms with Crippen LogP contribution in [0.4, 0.5) is 0 Å². The summed E-state index contributed by atoms with van der Waals surface area (Å²) in [5.41, 5.74) is -0.180. The van der Waals surface area contributed by atoms with E-state index in [0.717, 1.165) is 12.8 Å². The summed E-state index contributed by atoms with van der Waals surface area (Å²) in [6, 6.07) is 0.668. The van der Waals surface area contributed by atoms with Crippen molar-refractivity contribution < 1.29 is 4.79 Å². The summed E-state index contributed by atoms with van der Waals surface area (Å²) in [5.74, 6) is 0.577. The number of rotatable bonds is 3. The largest absolute Gasteiger partial charge is 0.337 e. The Morgan fingerprint density at radius 1 is 1.29 bits per heavy atom. The van der Waals surface area contributed by atoms with Crippen molar-refractivity contribution in [2.45, 2.75) is 76.7 Å². The highest BCUT2D eigenvalue weighted by molar-refractivity contribution is 7.99. The lowest BCUT2D eigenvalue weighted by atomic mass is 9.98. The molecule has 1 aliphatic heterocycles. The molecule has 0 bridgehead atoms. The van der Waals surface area contributed by atoms with Crippen LogP contribution in [0.5, 0.6) is 0 Å². The zero-order valence-corrected chi connectivity index (χ0v) is 14.4. The van der Waals surface area contributed by atoms with Gasteiger partial charge in [0.2, 0.25) is 11.1 Å². The van der Waals surface area contributed by atoms with Gasteiger partial charge in [-0.15, -0.1) is 5.10 Å². The standard InChI is InChI=1S/C14H25N5OS/c1-10-7-6-8-11(2)18(10)12(20)9-21-13-15-16-17-19(13)14(3,4)5/h10-11H,6-9H2,1-5H3. The van der Waals surface area contributed by atoms with Gasteiger partial charge in [0.05, 0.1) is 11.3 Å². The van der Waals surface area contributed by atoms with E-state index in [4.69, 9.17) is 0 Å². The molecule has 0 aromatic carbocycles. The fourth-order valence-electron chi connectivity index (χ4n) is 2.80. The van der Waals surface area contributed by atoms with E-state index >= 15 is 0 Å². The third kappa shape index (κ3) is 3.75. The monoisotopic (exact) mass is 311 g/mol. The smallest absolute Gasteiger partial charge is 0.233 e. The van der Waals surface area contributed by atoms with Crippen LogP contribution < -0.4 is 0 Å². The molecule has 1 amide bonds. The Labute approximate surface area is 130 Å². The molecule has 0 aliphatic carbocycles. The molecular formula is C14H25N5OS. The van der Waals surface area contributed by atoms with Crippen LogP contribution in [0.2, 0.25) is 0 Å². The molecular weight excluding hydrogens is 286 g/mol. The minimum atomic E-state index is -0.180. The van der Waals surface area contributed by atoms with Crippen LogP contribution in [0.1, 0.15) is 53.9 Å². The maximum Gasteiger partial charge on any atom is 0.233 e. The number of amides is 1. The third-order valence-electron chi connectivity index (χ3n) is 3.88. The van der Waals surface area contributed by atoms with Crippen LogP contribution in [0.15, 0.2) is 5.16 Å². The van der Waals surface area contributed by atoms with Gasteiger partial charge >= 0.3 is 0 Å². The summed E-state index contributed by atoms with van der Waals surface area (Å²) >= 11 is 1.42. The molecule has 2 heterocycles. The van der Waals surface area contributed by atoms with Gasteiger partial charge in [0.25, 0.3) is 0 Å². The number of carbonyl (C=O) groups is 1. The van der Waals surface area contributed by atoms with Gasteiger partial charge in [-0.1, -0.05) is 11.8 Å². The minimum absolute atomic E-state index is 0.180. The fraction of sp³-hybridized carbons (Fsp3) is 0.857. The van der Waals surface area contributed by atoms with Crippen molar-refractivity contribution in [3.63, 3.8) is 0 Å². The van der Waals surface area contributed by atoms with Crippen LogP contribution in [-0.2, 0) is 10.3 Å². The molecule has 1 aliphatic rings. The van der Waals surface area contributed by atoms with Gasteiger partial charge in [-0.25, -0.2) is 4.68 Å². The molecule has 6 nitrogen and oxygen atoms in total. The summed E-state index contributed by atoms with van der Waals surface area (Å²) in [6.45, 7) is 10.4. The Hall–Kier alpha value is -1.11. The van der Waals surface area contributed by atoms with Gasteiger partial charge in [-0.2, -0.15) is 0 Å². The summed E-state index contributed by atoms with van der Waals surface area (Å²) < 4.78 is 1.77. The first kappa shape index (κ1) is 16.3. The quantitative estimate of drug-likeness (QED) is 0.802. The predicted molar refractivity (Wildman–Crippen MR) is 83.2 cm³/mol. The summed E-state index contributed by atoms with van der Waals surface area (Å²) in [4.78, 5) is 14.5. The zero-order valence-electron chi connectivity index (χ0n) is 13.5. The predicted octanol–water partition coefficient (Wildman–Crippen LogP) is 2.31. The normalized spacial score (nSPS) is 23.4. The molecule has 1 saturated heterocycles. The van der Waals surface area contributed by atoms with E-state index in [2.05, 4.69) is 29.4 Å². The number of piperidine rings is 1. The molecule has 0 saturated carbocycles. The van der Waals surface area contributed by atoms with E-state index in [1.807, 2.05) is 25.7 Å². The van der Waals surface area contributed by atoms with Crippen molar-refractivity contribution in [2.75, 3.05) is 5.75 Å². The van der Waals surface area contributed by atoms with Crippen LogP contribution in [-0.4, -0.2) is 48.9 Å². The van der Waals surface area contributed by atoms with E-state index in [1.165, 1.54) is 18.2 Å². The molecule has 1 aromatic heterocycles. The number of aromatic nitrogens is 4. The molecule has 2 atom stereocenters. The second kappa shape index (κ2) is 6.34. The fourth-order valence-corrected chi connectivity index (χ4v) is 3.73. The maximum atomic E-state index is 12.5. The molecule has 7 heteroatoms. The Kier molecular flexibility index (Phi) is 4.91. The topological polar surface area (TPSA) is 63.9 Å². The van der Waals surface area contributed by atoms with Crippen LogP contribution in [0, 0.1) is 0 Å². The molecule has 118 valence electrons. The number of nitrogens with zero attached hydrogens (tertiary/aromatic N) is 5. The summed E-state index contributed by atoms with van der Waals surface area (Å²) in [6.07, 6.45) is 3.41. The number of tetrazole rings is 1. The highest BCUT2D eigenvalue weighted by Gasteiger charge is 2.29. The molecule has 0 N–H and O–H groups in total.